The van der Waals surface area contributed by atoms with Gasteiger partial charge in [0, 0.05) is 19.3 Å². The molecule has 0 saturated heterocycles. The van der Waals surface area contributed by atoms with E-state index in [0.717, 1.165) is 41.5 Å². The summed E-state index contributed by atoms with van der Waals surface area (Å²) in [6.45, 7) is 7.06. The summed E-state index contributed by atoms with van der Waals surface area (Å²) < 4.78 is 0. The number of benzene rings is 2. The maximum absolute atomic E-state index is 6.23. The highest BCUT2D eigenvalue weighted by Gasteiger charge is 2.28. The minimum atomic E-state index is 0.665. The van der Waals surface area contributed by atoms with E-state index in [1.165, 1.54) is 0 Å². The molecule has 2 aromatic carbocycles. The molecule has 0 saturated carbocycles. The molecule has 0 unspecified atom stereocenters. The highest BCUT2D eigenvalue weighted by molar-refractivity contribution is 5.89. The van der Waals surface area contributed by atoms with E-state index in [9.17, 15) is 0 Å². The first kappa shape index (κ1) is 15.2. The average Bonchev–Trinajstić information content (AvgIpc) is 2.79. The molecule has 5 heteroatoms. The van der Waals surface area contributed by atoms with Crippen LogP contribution < -0.4 is 26.4 Å². The van der Waals surface area contributed by atoms with E-state index in [4.69, 9.17) is 11.6 Å². The van der Waals surface area contributed by atoms with Crippen LogP contribution in [-0.4, -0.2) is 13.6 Å². The van der Waals surface area contributed by atoms with Gasteiger partial charge in [0.15, 0.2) is 0 Å². The monoisotopic (exact) mass is 309 g/mol. The third kappa shape index (κ3) is 2.49. The largest absolute Gasteiger partial charge is 0.397 e. The van der Waals surface area contributed by atoms with Crippen LogP contribution in [0, 0.1) is 0 Å². The smallest absolute Gasteiger partial charge is 0.110 e. The molecule has 0 aromatic heterocycles. The Kier molecular flexibility index (Phi) is 3.88. The van der Waals surface area contributed by atoms with Crippen molar-refractivity contribution >= 4 is 28.4 Å². The number of hydrogen-bond donors (Lipinski definition) is 2. The SMILES string of the molecule is C=C1N(C)c2ccccc2N1c1ccc(N(N)CCC)c(N)c1. The maximum Gasteiger partial charge on any atom is 0.110 e. The van der Waals surface area contributed by atoms with Gasteiger partial charge in [-0.25, -0.2) is 5.84 Å². The van der Waals surface area contributed by atoms with Crippen LogP contribution in [0.5, 0.6) is 0 Å². The summed E-state index contributed by atoms with van der Waals surface area (Å²) in [6.07, 6.45) is 0.971. The van der Waals surface area contributed by atoms with Gasteiger partial charge in [-0.05, 0) is 36.8 Å². The lowest BCUT2D eigenvalue weighted by atomic mass is 10.2. The average molecular weight is 309 g/mol. The Morgan fingerprint density at radius 3 is 2.48 bits per heavy atom. The number of rotatable bonds is 4. The van der Waals surface area contributed by atoms with Crippen LogP contribution in [0.15, 0.2) is 54.9 Å². The minimum Gasteiger partial charge on any atom is -0.397 e. The number of para-hydroxylation sites is 2. The van der Waals surface area contributed by atoms with Crippen molar-refractivity contribution in [3.8, 4) is 0 Å². The van der Waals surface area contributed by atoms with Crippen molar-refractivity contribution in [3.63, 3.8) is 0 Å². The molecule has 4 N–H and O–H groups in total. The summed E-state index contributed by atoms with van der Waals surface area (Å²) >= 11 is 0. The van der Waals surface area contributed by atoms with Gasteiger partial charge in [-0.1, -0.05) is 25.6 Å². The highest BCUT2D eigenvalue weighted by Crippen LogP contribution is 2.45. The molecule has 0 fully saturated rings. The lowest BCUT2D eigenvalue weighted by Crippen LogP contribution is -2.32. The summed E-state index contributed by atoms with van der Waals surface area (Å²) in [6, 6.07) is 14.2. The van der Waals surface area contributed by atoms with Gasteiger partial charge in [0.2, 0.25) is 0 Å². The summed E-state index contributed by atoms with van der Waals surface area (Å²) in [4.78, 5) is 4.18. The normalized spacial score (nSPS) is 13.4. The standard InChI is InChI=1S/C18H23N5/c1-4-11-22(20)16-10-9-14(12-15(16)19)23-13(2)21(3)17-7-5-6-8-18(17)23/h5-10,12H,2,4,11,19-20H2,1,3H3. The number of nitrogens with two attached hydrogens (primary N) is 2. The topological polar surface area (TPSA) is 61.8 Å². The number of nitrogens with zero attached hydrogens (tertiary/aromatic N) is 3. The van der Waals surface area contributed by atoms with Gasteiger partial charge in [-0.2, -0.15) is 0 Å². The third-order valence-corrected chi connectivity index (χ3v) is 4.17. The molecule has 1 aliphatic rings. The molecule has 2 aromatic rings. The second-order valence-corrected chi connectivity index (χ2v) is 5.74. The molecule has 0 amide bonds. The Bertz CT molecular complexity index is 740. The number of hydrogen-bond acceptors (Lipinski definition) is 5. The van der Waals surface area contributed by atoms with E-state index in [0.29, 0.717) is 5.69 Å². The quantitative estimate of drug-likeness (QED) is 0.515. The van der Waals surface area contributed by atoms with E-state index in [1.54, 1.807) is 5.01 Å². The zero-order valence-electron chi connectivity index (χ0n) is 13.7. The summed E-state index contributed by atoms with van der Waals surface area (Å²) in [5, 5.41) is 1.69. The van der Waals surface area contributed by atoms with E-state index in [-0.39, 0.29) is 0 Å². The van der Waals surface area contributed by atoms with Crippen molar-refractivity contribution < 1.29 is 0 Å². The first-order valence-corrected chi connectivity index (χ1v) is 7.78. The van der Waals surface area contributed by atoms with Crippen LogP contribution in [0.3, 0.4) is 0 Å². The second-order valence-electron chi connectivity index (χ2n) is 5.74. The molecule has 120 valence electrons. The van der Waals surface area contributed by atoms with Crippen molar-refractivity contribution in [2.45, 2.75) is 13.3 Å². The molecule has 23 heavy (non-hydrogen) atoms. The molecule has 0 spiro atoms. The van der Waals surface area contributed by atoms with Crippen molar-refractivity contribution in [2.75, 3.05) is 34.1 Å². The first-order valence-electron chi connectivity index (χ1n) is 7.78. The number of fused-ring (bicyclic) bond motifs is 1. The molecule has 0 bridgehead atoms. The molecular weight excluding hydrogens is 286 g/mol. The molecule has 0 aliphatic carbocycles. The lowest BCUT2D eigenvalue weighted by Gasteiger charge is -2.25. The fourth-order valence-corrected chi connectivity index (χ4v) is 2.96. The lowest BCUT2D eigenvalue weighted by molar-refractivity contribution is 0.806. The molecule has 5 nitrogen and oxygen atoms in total. The fourth-order valence-electron chi connectivity index (χ4n) is 2.96. The van der Waals surface area contributed by atoms with Gasteiger partial charge in [-0.3, -0.25) is 4.90 Å². The maximum atomic E-state index is 6.23. The van der Waals surface area contributed by atoms with Crippen molar-refractivity contribution in [1.29, 1.82) is 0 Å². The number of anilines is 5. The van der Waals surface area contributed by atoms with E-state index >= 15 is 0 Å². The Balaban J connectivity index is 2.00. The highest BCUT2D eigenvalue weighted by atomic mass is 15.4. The van der Waals surface area contributed by atoms with Gasteiger partial charge in [0.05, 0.1) is 22.7 Å². The summed E-state index contributed by atoms with van der Waals surface area (Å²) in [5.74, 6) is 6.95. The van der Waals surface area contributed by atoms with Crippen molar-refractivity contribution in [1.82, 2.24) is 0 Å². The van der Waals surface area contributed by atoms with Gasteiger partial charge in [-0.15, -0.1) is 0 Å². The predicted molar refractivity (Wildman–Crippen MR) is 98.8 cm³/mol. The van der Waals surface area contributed by atoms with Gasteiger partial charge >= 0.3 is 0 Å². The summed E-state index contributed by atoms with van der Waals surface area (Å²) in [7, 11) is 2.02. The summed E-state index contributed by atoms with van der Waals surface area (Å²) in [5.41, 5.74) is 11.0. The third-order valence-electron chi connectivity index (χ3n) is 4.17. The zero-order chi connectivity index (χ0) is 16.6. The fraction of sp³-hybridized carbons (Fsp3) is 0.222. The Morgan fingerprint density at radius 2 is 1.83 bits per heavy atom. The van der Waals surface area contributed by atoms with Gasteiger partial charge < -0.3 is 15.6 Å². The molecule has 1 heterocycles. The Labute approximate surface area is 137 Å². The number of nitrogen functional groups attached to an aromatic ring is 1. The van der Waals surface area contributed by atoms with E-state index in [1.807, 2.05) is 37.4 Å². The molecular formula is C18H23N5. The van der Waals surface area contributed by atoms with Crippen LogP contribution in [0.2, 0.25) is 0 Å². The van der Waals surface area contributed by atoms with Crippen LogP contribution >= 0.6 is 0 Å². The van der Waals surface area contributed by atoms with Gasteiger partial charge in [0.1, 0.15) is 5.82 Å². The van der Waals surface area contributed by atoms with E-state index < -0.39 is 0 Å². The Hall–Kier alpha value is -2.66. The van der Waals surface area contributed by atoms with Crippen LogP contribution in [0.1, 0.15) is 13.3 Å². The van der Waals surface area contributed by atoms with E-state index in [2.05, 4.69) is 35.4 Å². The van der Waals surface area contributed by atoms with Crippen LogP contribution in [0.25, 0.3) is 0 Å². The van der Waals surface area contributed by atoms with Gasteiger partial charge in [0.25, 0.3) is 0 Å². The Morgan fingerprint density at radius 1 is 1.13 bits per heavy atom. The van der Waals surface area contributed by atoms with Crippen LogP contribution in [-0.2, 0) is 0 Å². The molecule has 1 aliphatic heterocycles. The second kappa shape index (κ2) is 5.85. The minimum absolute atomic E-state index is 0.665. The molecule has 3 rings (SSSR count). The zero-order valence-corrected chi connectivity index (χ0v) is 13.7. The van der Waals surface area contributed by atoms with Crippen molar-refractivity contribution in [3.05, 3.63) is 54.9 Å². The molecule has 0 atom stereocenters. The predicted octanol–water partition coefficient (Wildman–Crippen LogP) is 3.42. The molecule has 0 radical (unpaired) electrons. The number of hydrazine groups is 1. The van der Waals surface area contributed by atoms with Crippen molar-refractivity contribution in [2.24, 2.45) is 5.84 Å². The van der Waals surface area contributed by atoms with Crippen LogP contribution in [0.4, 0.5) is 28.4 Å². The first-order chi connectivity index (χ1) is 11.0.